The Labute approximate surface area is 175 Å². The van der Waals surface area contributed by atoms with E-state index in [9.17, 15) is 19.8 Å². The average Bonchev–Trinajstić information content (AvgIpc) is 3.18. The molecule has 1 aliphatic carbocycles. The lowest BCUT2D eigenvalue weighted by Gasteiger charge is -2.46. The third-order valence-corrected chi connectivity index (χ3v) is 7.59. The summed E-state index contributed by atoms with van der Waals surface area (Å²) in [5.41, 5.74) is 0.885. The van der Waals surface area contributed by atoms with E-state index in [1.54, 1.807) is 6.07 Å². The lowest BCUT2D eigenvalue weighted by Crippen LogP contribution is -2.55. The SMILES string of the molecule is CC(C)[C@H]1C[C@@H]2C(=O)N(C)C(=O)[C@@H]2[C@@H]2C[C@@H](c3ccc(O)c4ccccc34)O[C@]12O. The molecule has 0 aromatic heterocycles. The molecule has 30 heavy (non-hydrogen) atoms. The van der Waals surface area contributed by atoms with Crippen LogP contribution in [0.2, 0.25) is 0 Å². The van der Waals surface area contributed by atoms with Crippen LogP contribution in [0.15, 0.2) is 36.4 Å². The summed E-state index contributed by atoms with van der Waals surface area (Å²) >= 11 is 0. The van der Waals surface area contributed by atoms with Crippen molar-refractivity contribution in [1.29, 1.82) is 0 Å². The van der Waals surface area contributed by atoms with Crippen molar-refractivity contribution in [3.05, 3.63) is 42.0 Å². The van der Waals surface area contributed by atoms with E-state index in [0.717, 1.165) is 16.3 Å². The van der Waals surface area contributed by atoms with Crippen LogP contribution in [-0.2, 0) is 14.3 Å². The number of likely N-dealkylation sites (tertiary alicyclic amines) is 1. The van der Waals surface area contributed by atoms with Crippen molar-refractivity contribution in [2.75, 3.05) is 7.05 Å². The maximum atomic E-state index is 12.9. The summed E-state index contributed by atoms with van der Waals surface area (Å²) < 4.78 is 6.38. The van der Waals surface area contributed by atoms with Crippen molar-refractivity contribution in [2.45, 2.75) is 38.6 Å². The summed E-state index contributed by atoms with van der Waals surface area (Å²) in [6.45, 7) is 4.05. The minimum absolute atomic E-state index is 0.0996. The van der Waals surface area contributed by atoms with Crippen LogP contribution >= 0.6 is 0 Å². The number of rotatable bonds is 2. The third-order valence-electron chi connectivity index (χ3n) is 7.59. The lowest BCUT2D eigenvalue weighted by atomic mass is 9.62. The average molecular weight is 409 g/mol. The number of phenolic OH excluding ortho intramolecular Hbond substituents is 1. The number of benzene rings is 2. The maximum Gasteiger partial charge on any atom is 0.233 e. The number of phenols is 1. The number of ether oxygens (including phenoxy) is 1. The molecule has 2 heterocycles. The first-order valence-electron chi connectivity index (χ1n) is 10.7. The van der Waals surface area contributed by atoms with Gasteiger partial charge in [0, 0.05) is 24.3 Å². The van der Waals surface area contributed by atoms with Gasteiger partial charge < -0.3 is 14.9 Å². The fourth-order valence-corrected chi connectivity index (χ4v) is 6.11. The van der Waals surface area contributed by atoms with Gasteiger partial charge in [-0.15, -0.1) is 0 Å². The van der Waals surface area contributed by atoms with Gasteiger partial charge in [-0.25, -0.2) is 0 Å². The monoisotopic (exact) mass is 409 g/mol. The van der Waals surface area contributed by atoms with E-state index >= 15 is 0 Å². The summed E-state index contributed by atoms with van der Waals surface area (Å²) in [5, 5.41) is 23.6. The number of amides is 2. The number of imide groups is 1. The number of hydrogen-bond acceptors (Lipinski definition) is 5. The highest BCUT2D eigenvalue weighted by molar-refractivity contribution is 6.05. The smallest absolute Gasteiger partial charge is 0.233 e. The highest BCUT2D eigenvalue weighted by atomic mass is 16.6. The van der Waals surface area contributed by atoms with E-state index < -0.39 is 23.7 Å². The van der Waals surface area contributed by atoms with Crippen molar-refractivity contribution in [3.63, 3.8) is 0 Å². The van der Waals surface area contributed by atoms with E-state index in [4.69, 9.17) is 4.74 Å². The third kappa shape index (κ3) is 2.50. The van der Waals surface area contributed by atoms with E-state index in [2.05, 4.69) is 0 Å². The van der Waals surface area contributed by atoms with Crippen molar-refractivity contribution < 1.29 is 24.5 Å². The first kappa shape index (κ1) is 19.5. The molecule has 1 saturated carbocycles. The Morgan fingerprint density at radius 2 is 1.77 bits per heavy atom. The summed E-state index contributed by atoms with van der Waals surface area (Å²) in [6, 6.07) is 11.0. The molecule has 0 unspecified atom stereocenters. The second kappa shape index (κ2) is 6.53. The van der Waals surface area contributed by atoms with E-state index in [-0.39, 0.29) is 35.3 Å². The molecule has 0 spiro atoms. The van der Waals surface area contributed by atoms with Crippen LogP contribution in [-0.4, -0.2) is 39.8 Å². The van der Waals surface area contributed by atoms with Gasteiger partial charge in [0.15, 0.2) is 5.79 Å². The number of hydrogen-bond donors (Lipinski definition) is 2. The molecule has 2 saturated heterocycles. The molecule has 2 aromatic carbocycles. The minimum Gasteiger partial charge on any atom is -0.507 e. The first-order chi connectivity index (χ1) is 14.2. The molecule has 6 atom stereocenters. The Morgan fingerprint density at radius 1 is 1.07 bits per heavy atom. The zero-order valence-corrected chi connectivity index (χ0v) is 17.4. The second-order valence-electron chi connectivity index (χ2n) is 9.37. The fraction of sp³-hybridized carbons (Fsp3) is 0.500. The van der Waals surface area contributed by atoms with Crippen LogP contribution in [0.4, 0.5) is 0 Å². The summed E-state index contributed by atoms with van der Waals surface area (Å²) in [6.07, 6.45) is 0.495. The summed E-state index contributed by atoms with van der Waals surface area (Å²) in [7, 11) is 1.53. The number of aromatic hydroxyl groups is 1. The number of nitrogens with zero attached hydrogens (tertiary/aromatic N) is 1. The van der Waals surface area contributed by atoms with E-state index in [0.29, 0.717) is 12.8 Å². The second-order valence-corrected chi connectivity index (χ2v) is 9.37. The number of carbonyl (C=O) groups is 2. The van der Waals surface area contributed by atoms with Gasteiger partial charge in [0.05, 0.1) is 17.9 Å². The van der Waals surface area contributed by atoms with Crippen LogP contribution < -0.4 is 0 Å². The van der Waals surface area contributed by atoms with Crippen molar-refractivity contribution in [1.82, 2.24) is 4.90 Å². The van der Waals surface area contributed by atoms with Gasteiger partial charge in [-0.1, -0.05) is 44.2 Å². The fourth-order valence-electron chi connectivity index (χ4n) is 6.11. The molecule has 3 aliphatic rings. The predicted molar refractivity (Wildman–Crippen MR) is 110 cm³/mol. The van der Waals surface area contributed by atoms with E-state index in [1.165, 1.54) is 11.9 Å². The van der Waals surface area contributed by atoms with Crippen LogP contribution in [0.1, 0.15) is 38.4 Å². The molecule has 6 heteroatoms. The molecule has 0 radical (unpaired) electrons. The molecule has 6 nitrogen and oxygen atoms in total. The number of aliphatic hydroxyl groups is 1. The van der Waals surface area contributed by atoms with Crippen molar-refractivity contribution in [3.8, 4) is 5.75 Å². The van der Waals surface area contributed by atoms with Gasteiger partial charge in [-0.2, -0.15) is 0 Å². The van der Waals surface area contributed by atoms with Gasteiger partial charge in [-0.05, 0) is 35.8 Å². The molecule has 0 bridgehead atoms. The van der Waals surface area contributed by atoms with Gasteiger partial charge in [0.1, 0.15) is 5.75 Å². The largest absolute Gasteiger partial charge is 0.507 e. The summed E-state index contributed by atoms with van der Waals surface area (Å²) in [4.78, 5) is 26.9. The van der Waals surface area contributed by atoms with Crippen LogP contribution in [0.5, 0.6) is 5.75 Å². The topological polar surface area (TPSA) is 87.1 Å². The zero-order valence-electron chi connectivity index (χ0n) is 17.4. The molecule has 3 fully saturated rings. The quantitative estimate of drug-likeness (QED) is 0.744. The molecular weight excluding hydrogens is 382 g/mol. The predicted octanol–water partition coefficient (Wildman–Crippen LogP) is 3.22. The van der Waals surface area contributed by atoms with Crippen molar-refractivity contribution in [2.24, 2.45) is 29.6 Å². The van der Waals surface area contributed by atoms with Gasteiger partial charge in [0.25, 0.3) is 0 Å². The Hall–Kier alpha value is -2.44. The summed E-state index contributed by atoms with van der Waals surface area (Å²) in [5.74, 6) is -3.13. The lowest BCUT2D eigenvalue weighted by molar-refractivity contribution is -0.276. The molecule has 2 aromatic rings. The molecule has 2 amide bonds. The van der Waals surface area contributed by atoms with Crippen molar-refractivity contribution >= 4 is 22.6 Å². The standard InChI is InChI=1S/C24H27NO5/c1-12(2)17-10-16-21(23(28)25(3)22(16)27)18-11-20(30-24(17,18)29)15-8-9-19(26)14-7-5-4-6-13(14)15/h4-9,12,16-18,20-21,26,29H,10-11H2,1-3H3/t16-,17+,18-,20-,21-,24+/m0/s1. The highest BCUT2D eigenvalue weighted by Gasteiger charge is 2.66. The highest BCUT2D eigenvalue weighted by Crippen LogP contribution is 2.59. The van der Waals surface area contributed by atoms with Gasteiger partial charge in [-0.3, -0.25) is 14.5 Å². The normalized spacial score (nSPS) is 35.9. The molecule has 2 N–H and O–H groups in total. The van der Waals surface area contributed by atoms with Crippen LogP contribution in [0.3, 0.4) is 0 Å². The minimum atomic E-state index is -1.46. The van der Waals surface area contributed by atoms with Gasteiger partial charge >= 0.3 is 0 Å². The van der Waals surface area contributed by atoms with Crippen LogP contribution in [0.25, 0.3) is 10.8 Å². The Bertz CT molecular complexity index is 1050. The zero-order chi connectivity index (χ0) is 21.4. The van der Waals surface area contributed by atoms with E-state index in [1.807, 2.05) is 44.2 Å². The maximum absolute atomic E-state index is 12.9. The molecule has 5 rings (SSSR count). The number of carbonyl (C=O) groups excluding carboxylic acids is 2. The Balaban J connectivity index is 1.60. The molecule has 2 aliphatic heterocycles. The number of fused-ring (bicyclic) bond motifs is 4. The first-order valence-corrected chi connectivity index (χ1v) is 10.7. The van der Waals surface area contributed by atoms with Crippen LogP contribution in [0, 0.1) is 29.6 Å². The van der Waals surface area contributed by atoms with Gasteiger partial charge in [0.2, 0.25) is 11.8 Å². The Morgan fingerprint density at radius 3 is 2.47 bits per heavy atom. The molecule has 158 valence electrons. The Kier molecular flexibility index (Phi) is 4.25. The molecular formula is C24H27NO5.